The average Bonchev–Trinajstić information content (AvgIpc) is 3.76. The van der Waals surface area contributed by atoms with Crippen LogP contribution in [0.15, 0.2) is 47.1 Å². The molecule has 5 N–H and O–H groups in total. The number of benzene rings is 1. The van der Waals surface area contributed by atoms with Gasteiger partial charge in [0.15, 0.2) is 5.78 Å². The number of allylic oxidation sites excluding steroid dienone is 4. The van der Waals surface area contributed by atoms with Crippen LogP contribution in [0, 0.1) is 75.4 Å². The van der Waals surface area contributed by atoms with Gasteiger partial charge < -0.3 is 34.7 Å². The third kappa shape index (κ3) is 8.22. The molecule has 66 heavy (non-hydrogen) atoms. The van der Waals surface area contributed by atoms with E-state index in [4.69, 9.17) is 9.26 Å². The van der Waals surface area contributed by atoms with Gasteiger partial charge >= 0.3 is 13.8 Å². The Bertz CT molecular complexity index is 2220. The van der Waals surface area contributed by atoms with E-state index < -0.39 is 37.0 Å². The number of rotatable bonds is 12. The molecule has 6 saturated carbocycles. The summed E-state index contributed by atoms with van der Waals surface area (Å²) in [6.07, 6.45) is 12.5. The van der Waals surface area contributed by atoms with Gasteiger partial charge in [-0.25, -0.2) is 4.57 Å². The van der Waals surface area contributed by atoms with E-state index in [1.54, 1.807) is 0 Å². The van der Waals surface area contributed by atoms with Crippen LogP contribution in [0.2, 0.25) is 0 Å². The van der Waals surface area contributed by atoms with Crippen LogP contribution >= 0.6 is 7.82 Å². The monoisotopic (exact) mass is 930 g/mol. The van der Waals surface area contributed by atoms with E-state index >= 15 is 0 Å². The van der Waals surface area contributed by atoms with Gasteiger partial charge in [-0.15, -0.1) is 5.92 Å². The second kappa shape index (κ2) is 17.9. The third-order valence-corrected chi connectivity index (χ3v) is 20.8. The van der Waals surface area contributed by atoms with Crippen LogP contribution in [0.25, 0.3) is 0 Å². The van der Waals surface area contributed by atoms with Crippen molar-refractivity contribution in [2.75, 3.05) is 25.1 Å². The Hall–Kier alpha value is -2.81. The molecule has 1 aromatic carbocycles. The number of carbonyl (C=O) groups excluding carboxylic acids is 1. The Labute approximate surface area is 392 Å². The maximum atomic E-state index is 12.6. The quantitative estimate of drug-likeness (QED) is 0.0999. The van der Waals surface area contributed by atoms with Crippen LogP contribution in [0.1, 0.15) is 149 Å². The molecule has 11 nitrogen and oxygen atoms in total. The van der Waals surface area contributed by atoms with Crippen molar-refractivity contribution in [2.45, 2.75) is 167 Å². The summed E-state index contributed by atoms with van der Waals surface area (Å²) in [6.45, 7) is 11.9. The number of ether oxygens (including phenoxy) is 1. The van der Waals surface area contributed by atoms with Crippen molar-refractivity contribution in [1.82, 2.24) is 0 Å². The van der Waals surface area contributed by atoms with Gasteiger partial charge in [0.05, 0.1) is 24.9 Å². The highest BCUT2D eigenvalue weighted by Crippen LogP contribution is 2.70. The van der Waals surface area contributed by atoms with Crippen LogP contribution in [0.3, 0.4) is 0 Å². The van der Waals surface area contributed by atoms with E-state index in [-0.39, 0.29) is 70.6 Å². The van der Waals surface area contributed by atoms with E-state index in [0.29, 0.717) is 57.1 Å². The minimum atomic E-state index is -4.81. The van der Waals surface area contributed by atoms with Crippen molar-refractivity contribution in [1.29, 1.82) is 0 Å². The number of phosphoric ester groups is 1. The zero-order valence-corrected chi connectivity index (χ0v) is 41.1. The number of anilines is 1. The molecule has 8 aliphatic carbocycles. The Kier molecular flexibility index (Phi) is 13.0. The molecule has 9 rings (SSSR count). The zero-order chi connectivity index (χ0) is 47.1. The topological polar surface area (TPSA) is 174 Å². The van der Waals surface area contributed by atoms with Gasteiger partial charge in [0, 0.05) is 43.5 Å². The molecule has 0 aromatic heterocycles. The summed E-state index contributed by atoms with van der Waals surface area (Å²) in [5, 5.41) is 33.6. The zero-order valence-electron chi connectivity index (χ0n) is 40.2. The van der Waals surface area contributed by atoms with Crippen molar-refractivity contribution < 1.29 is 48.5 Å². The summed E-state index contributed by atoms with van der Waals surface area (Å²) in [6, 6.07) is 8.95. The number of phosphoric acid groups is 1. The number of carboxylic acids is 1. The molecule has 0 amide bonds. The van der Waals surface area contributed by atoms with E-state index in [1.807, 2.05) is 13.0 Å². The Balaban J connectivity index is 0.870. The number of aliphatic hydroxyl groups excluding tert-OH is 1. The number of aliphatic carboxylic acids is 1. The van der Waals surface area contributed by atoms with Crippen molar-refractivity contribution in [3.63, 3.8) is 0 Å². The van der Waals surface area contributed by atoms with Gasteiger partial charge in [-0.05, 0) is 190 Å². The molecule has 6 fully saturated rings. The summed E-state index contributed by atoms with van der Waals surface area (Å²) in [5.74, 6) is 6.96. The van der Waals surface area contributed by atoms with E-state index in [9.17, 15) is 39.3 Å². The fourth-order valence-electron chi connectivity index (χ4n) is 16.9. The molecule has 2 unspecified atom stereocenters. The van der Waals surface area contributed by atoms with Gasteiger partial charge in [0.25, 0.3) is 0 Å². The number of hydrogen-bond donors (Lipinski definition) is 5. The minimum Gasteiger partial charge on any atom is -0.481 e. The molecule has 0 aliphatic heterocycles. The first-order valence-corrected chi connectivity index (χ1v) is 26.9. The molecular formula is C54H76NO10P. The standard InChI is InChI=1S/C54H76NO10P/c1-7-22-54(60)24-21-43-40-15-11-34-27-37(56)14-16-39(34)49(40)41(31-52(43,54)4)33-9-12-36(13-10-33)55(6)25-26-64-38-20-23-51(3)35(28-38)29-46(65-66(61,62)63)50-44-18-17-42(32(2)8-19-48(58)59)53(44,5)47(57)30-45(50)51/h9-10,12-13,27,32,35,38,40-47,50,57,60H,8,11,14-21,23-26,28-31H2,1-6H3,(H,58,59)(H2,61,62,63)/t32-,35+,38+,40?,41-,42-,43?,44+,45+,46-,47+,50+,51+,52+,53-,54+/m1/s1. The molecule has 362 valence electrons. The lowest BCUT2D eigenvalue weighted by Gasteiger charge is -2.64. The first-order chi connectivity index (χ1) is 31.2. The number of aliphatic hydroxyl groups is 2. The first kappa shape index (κ1) is 48.2. The number of fused-ring (bicyclic) bond motifs is 9. The van der Waals surface area contributed by atoms with Crippen LogP contribution in [0.5, 0.6) is 0 Å². The molecule has 1 aromatic rings. The van der Waals surface area contributed by atoms with Crippen LogP contribution in [-0.4, -0.2) is 81.0 Å². The van der Waals surface area contributed by atoms with Crippen LogP contribution in [-0.2, 0) is 23.4 Å². The highest BCUT2D eigenvalue weighted by molar-refractivity contribution is 7.46. The molecule has 0 bridgehead atoms. The van der Waals surface area contributed by atoms with Crippen molar-refractivity contribution in [2.24, 2.45) is 63.6 Å². The van der Waals surface area contributed by atoms with Crippen molar-refractivity contribution >= 4 is 25.3 Å². The van der Waals surface area contributed by atoms with E-state index in [0.717, 1.165) is 69.9 Å². The predicted octanol–water partition coefficient (Wildman–Crippen LogP) is 9.38. The summed E-state index contributed by atoms with van der Waals surface area (Å²) in [5.41, 5.74) is 4.52. The first-order valence-electron chi connectivity index (χ1n) is 25.4. The second-order valence-electron chi connectivity index (χ2n) is 23.1. The van der Waals surface area contributed by atoms with E-state index in [2.05, 4.69) is 75.7 Å². The second-order valence-corrected chi connectivity index (χ2v) is 24.3. The van der Waals surface area contributed by atoms with Crippen molar-refractivity contribution in [3.8, 4) is 11.8 Å². The number of hydrogen-bond acceptors (Lipinski definition) is 8. The van der Waals surface area contributed by atoms with Crippen LogP contribution in [0.4, 0.5) is 5.69 Å². The summed E-state index contributed by atoms with van der Waals surface area (Å²) in [4.78, 5) is 46.7. The number of nitrogens with zero attached hydrogens (tertiary/aromatic N) is 1. The Morgan fingerprint density at radius 2 is 1.73 bits per heavy atom. The lowest BCUT2D eigenvalue weighted by atomic mass is 9.43. The lowest BCUT2D eigenvalue weighted by Crippen LogP contribution is -2.62. The number of likely N-dealkylation sites (N-methyl/N-ethyl adjacent to an activating group) is 1. The number of carboxylic acid groups (broad SMARTS) is 1. The summed E-state index contributed by atoms with van der Waals surface area (Å²) in [7, 11) is -2.71. The van der Waals surface area contributed by atoms with Gasteiger partial charge in [0.1, 0.15) is 5.60 Å². The maximum absolute atomic E-state index is 12.6. The Morgan fingerprint density at radius 3 is 2.44 bits per heavy atom. The molecule has 0 spiro atoms. The summed E-state index contributed by atoms with van der Waals surface area (Å²) >= 11 is 0. The molecule has 12 heteroatoms. The van der Waals surface area contributed by atoms with Gasteiger partial charge in [-0.3, -0.25) is 14.1 Å². The smallest absolute Gasteiger partial charge is 0.469 e. The maximum Gasteiger partial charge on any atom is 0.469 e. The number of carbonyl (C=O) groups is 2. The van der Waals surface area contributed by atoms with Crippen molar-refractivity contribution in [3.05, 3.63) is 52.6 Å². The molecule has 0 saturated heterocycles. The normalized spacial score (nSPS) is 42.1. The highest BCUT2D eigenvalue weighted by atomic mass is 31.2. The average molecular weight is 930 g/mol. The van der Waals surface area contributed by atoms with Gasteiger partial charge in [-0.2, -0.15) is 0 Å². The number of ketones is 1. The largest absolute Gasteiger partial charge is 0.481 e. The highest BCUT2D eigenvalue weighted by Gasteiger charge is 2.67. The van der Waals surface area contributed by atoms with Gasteiger partial charge in [-0.1, -0.05) is 51.3 Å². The Morgan fingerprint density at radius 1 is 0.970 bits per heavy atom. The molecule has 16 atom stereocenters. The predicted molar refractivity (Wildman–Crippen MR) is 253 cm³/mol. The summed E-state index contributed by atoms with van der Waals surface area (Å²) < 4.78 is 25.0. The molecule has 0 heterocycles. The lowest BCUT2D eigenvalue weighted by molar-refractivity contribution is -0.206. The molecular weight excluding hydrogens is 854 g/mol. The van der Waals surface area contributed by atoms with E-state index in [1.165, 1.54) is 22.3 Å². The van der Waals surface area contributed by atoms with Gasteiger partial charge in [0.2, 0.25) is 0 Å². The fraction of sp³-hybridized carbons (Fsp3) is 0.741. The molecule has 8 aliphatic rings. The third-order valence-electron chi connectivity index (χ3n) is 20.3. The molecule has 0 radical (unpaired) electrons. The SMILES string of the molecule is CC#C[C@]1(O)CCC2C3CCC4=CC(=O)CCC4=C3[C@@H](c3ccc(N(C)CCO[C@H]4CC[C@@]5(C)[C@@H](C4)C[C@@H](OP(=O)(O)O)[C@@H]4[C@@H]5C[C@H](O)[C@]5(C)[C@@H]([C@H](C)CCC(=O)O)CC[C@@H]45)cc3)C[C@@]21C. The van der Waals surface area contributed by atoms with Crippen LogP contribution < -0.4 is 4.90 Å². The minimum absolute atomic E-state index is 0.00550. The fourth-order valence-corrected chi connectivity index (χ4v) is 17.5.